The van der Waals surface area contributed by atoms with Crippen LogP contribution in [0.25, 0.3) is 22.0 Å². The Labute approximate surface area is 252 Å². The van der Waals surface area contributed by atoms with Crippen LogP contribution in [0.3, 0.4) is 0 Å². The van der Waals surface area contributed by atoms with Crippen LogP contribution in [-0.2, 0) is 34.0 Å². The van der Waals surface area contributed by atoms with E-state index < -0.39 is 41.9 Å². The van der Waals surface area contributed by atoms with Crippen molar-refractivity contribution in [3.05, 3.63) is 88.6 Å². The van der Waals surface area contributed by atoms with Crippen molar-refractivity contribution in [3.8, 4) is 11.1 Å². The smallest absolute Gasteiger partial charge is 0.408 e. The Morgan fingerprint density at radius 2 is 1.66 bits per heavy atom. The molecule has 4 aromatic rings. The molecular weight excluding hydrogens is 572 g/mol. The van der Waals surface area contributed by atoms with Gasteiger partial charge in [-0.3, -0.25) is 4.79 Å². The number of benzene rings is 3. The van der Waals surface area contributed by atoms with Gasteiger partial charge in [0.1, 0.15) is 23.9 Å². The SMILES string of the molecule is C[C@H](NC(=O)OC(C)(C)C)C(=O)OCc1cc(F)c(F)cc1-c1ccc2nc(N)nc(C(=O)N3Cc4ccccc4C3)c2c1. The number of hydrogen-bond acceptors (Lipinski definition) is 8. The molecule has 5 rings (SSSR count). The molecule has 0 fully saturated rings. The molecule has 2 amide bonds. The third kappa shape index (κ3) is 6.59. The van der Waals surface area contributed by atoms with Crippen LogP contribution in [0.15, 0.2) is 54.6 Å². The maximum atomic E-state index is 14.5. The Hall–Kier alpha value is -5.13. The van der Waals surface area contributed by atoms with Crippen molar-refractivity contribution in [2.24, 2.45) is 0 Å². The van der Waals surface area contributed by atoms with E-state index in [1.165, 1.54) is 6.92 Å². The van der Waals surface area contributed by atoms with E-state index >= 15 is 0 Å². The second kappa shape index (κ2) is 11.9. The second-order valence-electron chi connectivity index (χ2n) is 11.5. The number of carbonyl (C=O) groups excluding carboxylic acids is 3. The number of alkyl carbamates (subject to hydrolysis) is 1. The van der Waals surface area contributed by atoms with Crippen molar-refractivity contribution < 1.29 is 32.6 Å². The summed E-state index contributed by atoms with van der Waals surface area (Å²) in [6, 6.07) is 13.4. The van der Waals surface area contributed by atoms with E-state index in [0.717, 1.165) is 23.3 Å². The fourth-order valence-electron chi connectivity index (χ4n) is 4.90. The summed E-state index contributed by atoms with van der Waals surface area (Å²) in [7, 11) is 0. The van der Waals surface area contributed by atoms with Crippen LogP contribution >= 0.6 is 0 Å². The largest absolute Gasteiger partial charge is 0.459 e. The maximum absolute atomic E-state index is 14.5. The van der Waals surface area contributed by atoms with Crippen LogP contribution < -0.4 is 11.1 Å². The minimum atomic E-state index is -1.14. The maximum Gasteiger partial charge on any atom is 0.408 e. The summed E-state index contributed by atoms with van der Waals surface area (Å²) in [4.78, 5) is 48.5. The van der Waals surface area contributed by atoms with Crippen molar-refractivity contribution >= 4 is 34.8 Å². The molecule has 0 saturated carbocycles. The van der Waals surface area contributed by atoms with Gasteiger partial charge in [-0.15, -0.1) is 0 Å². The molecule has 0 saturated heterocycles. The van der Waals surface area contributed by atoms with Crippen molar-refractivity contribution in [2.45, 2.75) is 59.0 Å². The molecule has 44 heavy (non-hydrogen) atoms. The number of amides is 2. The first-order valence-electron chi connectivity index (χ1n) is 13.9. The summed E-state index contributed by atoms with van der Waals surface area (Å²) < 4.78 is 39.4. The van der Waals surface area contributed by atoms with E-state index in [1.54, 1.807) is 43.9 Å². The topological polar surface area (TPSA) is 137 Å². The molecular formula is C32H31F2N5O5. The highest BCUT2D eigenvalue weighted by Gasteiger charge is 2.27. The van der Waals surface area contributed by atoms with Crippen molar-refractivity contribution in [3.63, 3.8) is 0 Å². The number of esters is 1. The number of fused-ring (bicyclic) bond motifs is 2. The molecule has 0 radical (unpaired) electrons. The number of rotatable bonds is 6. The Morgan fingerprint density at radius 1 is 1.00 bits per heavy atom. The van der Waals surface area contributed by atoms with E-state index in [-0.39, 0.29) is 28.7 Å². The van der Waals surface area contributed by atoms with E-state index in [4.69, 9.17) is 15.2 Å². The predicted molar refractivity (Wildman–Crippen MR) is 158 cm³/mol. The lowest BCUT2D eigenvalue weighted by Gasteiger charge is -2.21. The summed E-state index contributed by atoms with van der Waals surface area (Å²) in [6.07, 6.45) is -0.808. The lowest BCUT2D eigenvalue weighted by molar-refractivity contribution is -0.147. The number of nitrogens with zero attached hydrogens (tertiary/aromatic N) is 3. The fraction of sp³-hybridized carbons (Fsp3) is 0.281. The van der Waals surface area contributed by atoms with Crippen LogP contribution in [0.1, 0.15) is 54.9 Å². The van der Waals surface area contributed by atoms with Gasteiger partial charge in [-0.25, -0.2) is 28.3 Å². The fourth-order valence-corrected chi connectivity index (χ4v) is 4.90. The number of nitrogens with two attached hydrogens (primary N) is 1. The molecule has 3 N–H and O–H groups in total. The summed E-state index contributed by atoms with van der Waals surface area (Å²) in [6.45, 7) is 6.82. The number of nitrogens with one attached hydrogen (secondary N) is 1. The number of hydrogen-bond donors (Lipinski definition) is 2. The van der Waals surface area contributed by atoms with Crippen molar-refractivity contribution in [1.82, 2.24) is 20.2 Å². The van der Waals surface area contributed by atoms with Gasteiger partial charge in [0.25, 0.3) is 5.91 Å². The van der Waals surface area contributed by atoms with Crippen LogP contribution in [0.4, 0.5) is 19.5 Å². The van der Waals surface area contributed by atoms with Crippen LogP contribution in [0.2, 0.25) is 0 Å². The highest BCUT2D eigenvalue weighted by molar-refractivity contribution is 6.06. The molecule has 1 aromatic heterocycles. The van der Waals surface area contributed by atoms with Crippen molar-refractivity contribution in [2.75, 3.05) is 5.73 Å². The highest BCUT2D eigenvalue weighted by atomic mass is 19.2. The van der Waals surface area contributed by atoms with Gasteiger partial charge < -0.3 is 25.4 Å². The molecule has 12 heteroatoms. The van der Waals surface area contributed by atoms with E-state index in [2.05, 4.69) is 15.3 Å². The Bertz CT molecular complexity index is 1760. The summed E-state index contributed by atoms with van der Waals surface area (Å²) in [5.74, 6) is -3.51. The van der Waals surface area contributed by atoms with Gasteiger partial charge in [-0.2, -0.15) is 0 Å². The third-order valence-electron chi connectivity index (χ3n) is 6.96. The van der Waals surface area contributed by atoms with Gasteiger partial charge in [0, 0.05) is 24.0 Å². The first-order chi connectivity index (χ1) is 20.8. The summed E-state index contributed by atoms with van der Waals surface area (Å²) in [5, 5.41) is 2.74. The summed E-state index contributed by atoms with van der Waals surface area (Å²) in [5.41, 5.74) is 8.46. The Kier molecular flexibility index (Phi) is 8.18. The van der Waals surface area contributed by atoms with Gasteiger partial charge in [0.2, 0.25) is 5.95 Å². The number of carbonyl (C=O) groups is 3. The third-order valence-corrected chi connectivity index (χ3v) is 6.96. The molecule has 0 unspecified atom stereocenters. The zero-order chi connectivity index (χ0) is 31.8. The highest BCUT2D eigenvalue weighted by Crippen LogP contribution is 2.32. The predicted octanol–water partition coefficient (Wildman–Crippen LogP) is 5.27. The van der Waals surface area contributed by atoms with E-state index in [9.17, 15) is 23.2 Å². The van der Waals surface area contributed by atoms with Crippen molar-refractivity contribution in [1.29, 1.82) is 0 Å². The number of anilines is 1. The van der Waals surface area contributed by atoms with Gasteiger partial charge >= 0.3 is 12.1 Å². The molecule has 0 aliphatic carbocycles. The van der Waals surface area contributed by atoms with Gasteiger partial charge in [-0.1, -0.05) is 30.3 Å². The monoisotopic (exact) mass is 603 g/mol. The number of nitrogen functional groups attached to an aromatic ring is 1. The average molecular weight is 604 g/mol. The molecule has 0 bridgehead atoms. The standard InChI is InChI=1S/C32H31F2N5O5/c1-17(36-31(42)44-32(2,3)4)29(41)43-16-21-12-24(33)25(34)13-22(21)18-9-10-26-23(11-18)27(38-30(35)37-26)28(40)39-14-19-7-5-6-8-20(19)15-39/h5-13,17H,14-16H2,1-4H3,(H,36,42)(H2,35,37,38)/t17-/m0/s1. The number of halogens is 2. The molecule has 1 atom stereocenters. The molecule has 10 nitrogen and oxygen atoms in total. The van der Waals surface area contributed by atoms with Crippen LogP contribution in [0, 0.1) is 11.6 Å². The molecule has 1 aliphatic rings. The second-order valence-corrected chi connectivity index (χ2v) is 11.5. The minimum Gasteiger partial charge on any atom is -0.459 e. The molecule has 228 valence electrons. The van der Waals surface area contributed by atoms with Gasteiger partial charge in [-0.05, 0) is 74.2 Å². The lowest BCUT2D eigenvalue weighted by Crippen LogP contribution is -2.42. The Morgan fingerprint density at radius 3 is 2.32 bits per heavy atom. The van der Waals surface area contributed by atoms with Gasteiger partial charge in [0.15, 0.2) is 11.6 Å². The first-order valence-corrected chi connectivity index (χ1v) is 13.9. The quantitative estimate of drug-likeness (QED) is 0.285. The molecule has 3 aromatic carbocycles. The number of ether oxygens (including phenoxy) is 2. The lowest BCUT2D eigenvalue weighted by atomic mass is 9.97. The summed E-state index contributed by atoms with van der Waals surface area (Å²) >= 11 is 0. The normalized spacial score (nSPS) is 13.4. The first kappa shape index (κ1) is 30.3. The Balaban J connectivity index is 1.43. The van der Waals surface area contributed by atoms with Crippen LogP contribution in [0.5, 0.6) is 0 Å². The zero-order valence-electron chi connectivity index (χ0n) is 24.6. The van der Waals surface area contributed by atoms with Crippen LogP contribution in [-0.4, -0.2) is 44.5 Å². The number of aromatic nitrogens is 2. The average Bonchev–Trinajstić information content (AvgIpc) is 3.39. The molecule has 1 aliphatic heterocycles. The molecule has 2 heterocycles. The van der Waals surface area contributed by atoms with E-state index in [0.29, 0.717) is 29.6 Å². The molecule has 0 spiro atoms. The minimum absolute atomic E-state index is 0.0692. The van der Waals surface area contributed by atoms with Gasteiger partial charge in [0.05, 0.1) is 5.52 Å². The zero-order valence-corrected chi connectivity index (χ0v) is 24.6. The van der Waals surface area contributed by atoms with E-state index in [1.807, 2.05) is 24.3 Å².